The molecule has 0 unspecified atom stereocenters. The number of thioether (sulfide) groups is 1. The van der Waals surface area contributed by atoms with Crippen molar-refractivity contribution < 1.29 is 4.79 Å². The average Bonchev–Trinajstić information content (AvgIpc) is 3.31. The quantitative estimate of drug-likeness (QED) is 0.191. The molecule has 0 fully saturated rings. The molecular formula is C21H16BrClN4OS2. The minimum absolute atomic E-state index is 0.183. The lowest BCUT2D eigenvalue weighted by molar-refractivity contribution is -0.118. The number of carbonyl (C=O) groups excluding carboxylic acids is 1. The number of hydrogen-bond acceptors (Lipinski definition) is 5. The standard InChI is InChI=1S/C21H16BrClN4OS2/c22-19-10-9-16(30-19)11-24-26-20(28)13-29-21-25-17-3-1-2-4-18(17)27(21)12-14-5-7-15(23)8-6-14/h1-11H,12-13H2,(H,26,28)/b24-11-. The van der Waals surface area contributed by atoms with Gasteiger partial charge in [0.05, 0.1) is 33.3 Å². The van der Waals surface area contributed by atoms with Crippen LogP contribution in [0.4, 0.5) is 0 Å². The highest BCUT2D eigenvalue weighted by Crippen LogP contribution is 2.25. The normalized spacial score (nSPS) is 11.4. The van der Waals surface area contributed by atoms with Crippen molar-refractivity contribution in [3.8, 4) is 0 Å². The number of benzene rings is 2. The van der Waals surface area contributed by atoms with E-state index in [-0.39, 0.29) is 11.7 Å². The predicted octanol–water partition coefficient (Wildman–Crippen LogP) is 5.80. The zero-order valence-electron chi connectivity index (χ0n) is 15.6. The second kappa shape index (κ2) is 9.78. The molecule has 0 aliphatic heterocycles. The van der Waals surface area contributed by atoms with Crippen molar-refractivity contribution >= 4 is 73.8 Å². The molecule has 0 radical (unpaired) electrons. The number of hydrazone groups is 1. The summed E-state index contributed by atoms with van der Waals surface area (Å²) >= 11 is 12.3. The highest BCUT2D eigenvalue weighted by molar-refractivity contribution is 9.11. The van der Waals surface area contributed by atoms with E-state index in [1.165, 1.54) is 11.8 Å². The maximum absolute atomic E-state index is 12.2. The number of aromatic nitrogens is 2. The third-order valence-electron chi connectivity index (χ3n) is 4.18. The molecule has 0 spiro atoms. The number of nitrogens with one attached hydrogen (secondary N) is 1. The second-order valence-electron chi connectivity index (χ2n) is 6.32. The highest BCUT2D eigenvalue weighted by Gasteiger charge is 2.13. The van der Waals surface area contributed by atoms with Gasteiger partial charge in [-0.25, -0.2) is 10.4 Å². The summed E-state index contributed by atoms with van der Waals surface area (Å²) in [5, 5.41) is 5.51. The van der Waals surface area contributed by atoms with Crippen molar-refractivity contribution in [2.24, 2.45) is 5.10 Å². The average molecular weight is 520 g/mol. The van der Waals surface area contributed by atoms with E-state index in [2.05, 4.69) is 31.0 Å². The Labute approximate surface area is 195 Å². The molecule has 9 heteroatoms. The number of rotatable bonds is 7. The van der Waals surface area contributed by atoms with Gasteiger partial charge in [0.15, 0.2) is 5.16 Å². The third-order valence-corrected chi connectivity index (χ3v) is 6.97. The molecule has 2 aromatic carbocycles. The van der Waals surface area contributed by atoms with Crippen molar-refractivity contribution in [2.45, 2.75) is 11.7 Å². The number of halogens is 2. The predicted molar refractivity (Wildman–Crippen MR) is 129 cm³/mol. The lowest BCUT2D eigenvalue weighted by Gasteiger charge is -2.09. The molecule has 0 bridgehead atoms. The third kappa shape index (κ3) is 5.31. The monoisotopic (exact) mass is 518 g/mol. The van der Waals surface area contributed by atoms with Gasteiger partial charge in [0.25, 0.3) is 5.91 Å². The van der Waals surface area contributed by atoms with Crippen LogP contribution in [0.2, 0.25) is 5.02 Å². The summed E-state index contributed by atoms with van der Waals surface area (Å²) in [5.41, 5.74) is 5.60. The number of nitrogens with zero attached hydrogens (tertiary/aromatic N) is 3. The molecule has 0 saturated carbocycles. The number of hydrogen-bond donors (Lipinski definition) is 1. The summed E-state index contributed by atoms with van der Waals surface area (Å²) in [7, 11) is 0. The van der Waals surface area contributed by atoms with Crippen LogP contribution in [-0.2, 0) is 11.3 Å². The topological polar surface area (TPSA) is 59.3 Å². The summed E-state index contributed by atoms with van der Waals surface area (Å²) in [6.45, 7) is 0.646. The van der Waals surface area contributed by atoms with E-state index >= 15 is 0 Å². The van der Waals surface area contributed by atoms with E-state index in [1.807, 2.05) is 60.7 Å². The van der Waals surface area contributed by atoms with E-state index in [0.29, 0.717) is 11.6 Å². The molecule has 2 heterocycles. The lowest BCUT2D eigenvalue weighted by atomic mass is 10.2. The van der Waals surface area contributed by atoms with Crippen LogP contribution in [0.5, 0.6) is 0 Å². The molecule has 0 aliphatic carbocycles. The van der Waals surface area contributed by atoms with Gasteiger partial charge < -0.3 is 4.57 Å². The van der Waals surface area contributed by atoms with Crippen LogP contribution < -0.4 is 5.43 Å². The maximum atomic E-state index is 12.2. The number of carbonyl (C=O) groups is 1. The molecule has 0 saturated heterocycles. The summed E-state index contributed by atoms with van der Waals surface area (Å²) < 4.78 is 3.13. The molecule has 5 nitrogen and oxygen atoms in total. The minimum atomic E-state index is -0.183. The van der Waals surface area contributed by atoms with Crippen molar-refractivity contribution in [3.63, 3.8) is 0 Å². The van der Waals surface area contributed by atoms with Gasteiger partial charge in [0, 0.05) is 9.90 Å². The van der Waals surface area contributed by atoms with Crippen LogP contribution >= 0.6 is 50.6 Å². The Hall–Kier alpha value is -2.13. The first-order chi connectivity index (χ1) is 14.6. The Kier molecular flexibility index (Phi) is 6.89. The maximum Gasteiger partial charge on any atom is 0.250 e. The summed E-state index contributed by atoms with van der Waals surface area (Å²) in [6.07, 6.45) is 1.63. The van der Waals surface area contributed by atoms with Crippen LogP contribution in [0.1, 0.15) is 10.4 Å². The second-order valence-corrected chi connectivity index (χ2v) is 10.2. The first-order valence-electron chi connectivity index (χ1n) is 8.98. The largest absolute Gasteiger partial charge is 0.314 e. The van der Waals surface area contributed by atoms with Crippen LogP contribution in [0.25, 0.3) is 11.0 Å². The molecule has 0 aliphatic rings. The van der Waals surface area contributed by atoms with Gasteiger partial charge in [0.1, 0.15) is 0 Å². The van der Waals surface area contributed by atoms with Gasteiger partial charge in [0.2, 0.25) is 0 Å². The Morgan fingerprint density at radius 2 is 2.00 bits per heavy atom. The number of amides is 1. The van der Waals surface area contributed by atoms with Crippen molar-refractivity contribution in [1.29, 1.82) is 0 Å². The van der Waals surface area contributed by atoms with E-state index in [9.17, 15) is 4.79 Å². The van der Waals surface area contributed by atoms with Gasteiger partial charge >= 0.3 is 0 Å². The molecule has 30 heavy (non-hydrogen) atoms. The molecule has 4 rings (SSSR count). The van der Waals surface area contributed by atoms with Gasteiger partial charge in [-0.3, -0.25) is 4.79 Å². The highest BCUT2D eigenvalue weighted by atomic mass is 79.9. The van der Waals surface area contributed by atoms with E-state index in [0.717, 1.165) is 30.4 Å². The van der Waals surface area contributed by atoms with Gasteiger partial charge in [-0.1, -0.05) is 47.6 Å². The smallest absolute Gasteiger partial charge is 0.250 e. The van der Waals surface area contributed by atoms with Crippen LogP contribution in [0, 0.1) is 0 Å². The SMILES string of the molecule is O=C(CSc1nc2ccccc2n1Cc1ccc(Cl)cc1)N/N=C\c1ccc(Br)s1. The molecule has 4 aromatic rings. The first-order valence-corrected chi connectivity index (χ1v) is 12.0. The molecule has 152 valence electrons. The van der Waals surface area contributed by atoms with Crippen LogP contribution in [-0.4, -0.2) is 27.4 Å². The first kappa shape index (κ1) is 21.1. The van der Waals surface area contributed by atoms with Gasteiger partial charge in [-0.15, -0.1) is 11.3 Å². The number of thiophene rings is 1. The molecule has 0 atom stereocenters. The Bertz CT molecular complexity index is 1200. The zero-order chi connectivity index (χ0) is 20.9. The minimum Gasteiger partial charge on any atom is -0.314 e. The number of imidazole rings is 1. The van der Waals surface area contributed by atoms with Crippen molar-refractivity contribution in [3.05, 3.63) is 79.9 Å². The van der Waals surface area contributed by atoms with Crippen LogP contribution in [0.15, 0.2) is 74.7 Å². The molecule has 1 amide bonds. The summed E-state index contributed by atoms with van der Waals surface area (Å²) in [5.74, 6) is 0.0343. The number of fused-ring (bicyclic) bond motifs is 1. The summed E-state index contributed by atoms with van der Waals surface area (Å²) in [4.78, 5) is 17.9. The van der Waals surface area contributed by atoms with E-state index in [1.54, 1.807) is 17.6 Å². The Morgan fingerprint density at radius 3 is 2.77 bits per heavy atom. The fourth-order valence-electron chi connectivity index (χ4n) is 2.82. The fourth-order valence-corrected chi connectivity index (χ4v) is 5.04. The van der Waals surface area contributed by atoms with E-state index in [4.69, 9.17) is 16.6 Å². The Morgan fingerprint density at radius 1 is 1.20 bits per heavy atom. The van der Waals surface area contributed by atoms with Crippen molar-refractivity contribution in [2.75, 3.05) is 5.75 Å². The molecule has 1 N–H and O–H groups in total. The van der Waals surface area contributed by atoms with Crippen molar-refractivity contribution in [1.82, 2.24) is 15.0 Å². The number of para-hydroxylation sites is 2. The molecule has 2 aromatic heterocycles. The van der Waals surface area contributed by atoms with Crippen LogP contribution in [0.3, 0.4) is 0 Å². The lowest BCUT2D eigenvalue weighted by Crippen LogP contribution is -2.20. The Balaban J connectivity index is 1.45. The van der Waals surface area contributed by atoms with Gasteiger partial charge in [-0.2, -0.15) is 5.10 Å². The summed E-state index contributed by atoms with van der Waals surface area (Å²) in [6, 6.07) is 19.6. The molecular weight excluding hydrogens is 504 g/mol. The fraction of sp³-hybridized carbons (Fsp3) is 0.0952. The van der Waals surface area contributed by atoms with E-state index < -0.39 is 0 Å². The van der Waals surface area contributed by atoms with Gasteiger partial charge in [-0.05, 0) is 57.9 Å². The zero-order valence-corrected chi connectivity index (χ0v) is 19.6.